The lowest BCUT2D eigenvalue weighted by Crippen LogP contribution is -2.42. The Hall–Kier alpha value is -4.29. The number of carboxylic acids is 3. The average molecular weight is 601 g/mol. The van der Waals surface area contributed by atoms with Crippen molar-refractivity contribution in [2.45, 2.75) is 18.5 Å². The molecule has 0 radical (unpaired) electrons. The molecule has 0 aromatic carbocycles. The van der Waals surface area contributed by atoms with Crippen molar-refractivity contribution < 1.29 is 74.0 Å². The number of nitrogens with one attached hydrogen (secondary N) is 1. The number of aliphatic carboxylic acids is 3. The summed E-state index contributed by atoms with van der Waals surface area (Å²) in [6.45, 7) is 1.86. The third-order valence-electron chi connectivity index (χ3n) is 2.68. The van der Waals surface area contributed by atoms with Crippen molar-refractivity contribution in [2.75, 3.05) is 32.7 Å². The maximum atomic E-state index is 11.2. The smallest absolute Gasteiger partial charge is 0.475 e. The number of aliphatic imine (C=N–C) groups is 2. The summed E-state index contributed by atoms with van der Waals surface area (Å²) in [5.74, 6) is -3.57. The van der Waals surface area contributed by atoms with Gasteiger partial charge in [-0.25, -0.2) is 20.2 Å². The van der Waals surface area contributed by atoms with Gasteiger partial charge in [-0.3, -0.25) is 25.1 Å². The Morgan fingerprint density at radius 1 is 0.641 bits per heavy atom. The summed E-state index contributed by atoms with van der Waals surface area (Å²) >= 11 is 0. The van der Waals surface area contributed by atoms with Gasteiger partial charge in [0.05, 0.1) is 19.6 Å². The predicted molar refractivity (Wildman–Crippen MR) is 111 cm³/mol. The highest BCUT2D eigenvalue weighted by Gasteiger charge is 2.39. The average Bonchev–Trinajstić information content (AvgIpc) is 2.72. The summed E-state index contributed by atoms with van der Waals surface area (Å²) in [7, 11) is 0. The minimum atomic E-state index is -5.08. The molecule has 0 bridgehead atoms. The monoisotopic (exact) mass is 601 g/mol. The van der Waals surface area contributed by atoms with E-state index in [9.17, 15) is 44.3 Å². The fraction of sp³-hybridized carbons (Fsp3) is 0.571. The molecule has 16 nitrogen and oxygen atoms in total. The normalized spacial score (nSPS) is 10.6. The van der Waals surface area contributed by atoms with Gasteiger partial charge in [0.1, 0.15) is 0 Å². The fourth-order valence-corrected chi connectivity index (χ4v) is 1.16. The molecule has 0 heterocycles. The Balaban J connectivity index is -0.000000240. The third-order valence-corrected chi connectivity index (χ3v) is 2.68. The molecule has 0 unspecified atom stereocenters. The number of alkyl halides is 9. The van der Waals surface area contributed by atoms with Crippen molar-refractivity contribution in [1.82, 2.24) is 10.3 Å². The summed E-state index contributed by atoms with van der Waals surface area (Å²) in [6, 6.07) is 0. The van der Waals surface area contributed by atoms with Crippen LogP contribution in [0.3, 0.4) is 0 Å². The van der Waals surface area contributed by atoms with Gasteiger partial charge in [-0.05, 0) is 0 Å². The maximum Gasteiger partial charge on any atom is 0.490 e. The van der Waals surface area contributed by atoms with Crippen LogP contribution in [0.5, 0.6) is 0 Å². The van der Waals surface area contributed by atoms with Crippen molar-refractivity contribution in [2.24, 2.45) is 38.8 Å². The lowest BCUT2D eigenvalue weighted by molar-refractivity contribution is -0.193. The molecule has 14 N–H and O–H groups in total. The Morgan fingerprint density at radius 3 is 1.03 bits per heavy atom. The van der Waals surface area contributed by atoms with Crippen molar-refractivity contribution in [3.8, 4) is 0 Å². The van der Waals surface area contributed by atoms with Crippen LogP contribution in [0.2, 0.25) is 0 Å². The van der Waals surface area contributed by atoms with Gasteiger partial charge in [0.2, 0.25) is 5.91 Å². The van der Waals surface area contributed by atoms with Gasteiger partial charge >= 0.3 is 36.4 Å². The van der Waals surface area contributed by atoms with Crippen molar-refractivity contribution >= 4 is 35.7 Å². The zero-order valence-electron chi connectivity index (χ0n) is 19.1. The predicted octanol–water partition coefficient (Wildman–Crippen LogP) is -2.27. The second kappa shape index (κ2) is 19.8. The van der Waals surface area contributed by atoms with Crippen molar-refractivity contribution in [1.29, 1.82) is 0 Å². The molecule has 230 valence electrons. The molecule has 25 heteroatoms. The lowest BCUT2D eigenvalue weighted by Gasteiger charge is -2.19. The molecule has 0 aliphatic rings. The van der Waals surface area contributed by atoms with E-state index in [0.717, 1.165) is 0 Å². The highest BCUT2D eigenvalue weighted by atomic mass is 19.4. The zero-order valence-corrected chi connectivity index (χ0v) is 19.1. The number of hydrazine groups is 1. The molecule has 0 saturated heterocycles. The van der Waals surface area contributed by atoms with Crippen LogP contribution in [0, 0.1) is 0 Å². The number of hydrogen-bond acceptors (Lipinski definition) is 8. The summed E-state index contributed by atoms with van der Waals surface area (Å²) in [6.07, 6.45) is -15.3. The Bertz CT molecular complexity index is 745. The molecule has 0 aliphatic carbocycles. The SMILES string of the molecule is NNC(=O)CN(CCN=C(N)N)CCN=C(N)N.O=C(O)C(F)(F)F.O=C(O)C(F)(F)F.O=C(O)C(F)(F)F. The number of nitrogens with two attached hydrogens (primary N) is 5. The molecule has 0 atom stereocenters. The number of carbonyl (C=O) groups is 4. The molecule has 1 amide bonds. The van der Waals surface area contributed by atoms with E-state index in [-0.39, 0.29) is 24.4 Å². The standard InChI is InChI=1S/C8H21N9O.3C2HF3O2/c9-7(10)14-1-3-17(5-6(18)16-13)4-2-15-8(11)12;3*3-2(4,5)1(6)7/h1-5,13H2,(H,16,18)(H4,9,10,14)(H4,11,12,15);3*(H,6,7). The fourth-order valence-electron chi connectivity index (χ4n) is 1.16. The first-order valence-electron chi connectivity index (χ1n) is 9.01. The van der Waals surface area contributed by atoms with Crippen LogP contribution >= 0.6 is 0 Å². The van der Waals surface area contributed by atoms with Crippen LogP contribution in [0.15, 0.2) is 9.98 Å². The van der Waals surface area contributed by atoms with Crippen LogP contribution in [0.1, 0.15) is 0 Å². The van der Waals surface area contributed by atoms with E-state index in [1.54, 1.807) is 4.90 Å². The highest BCUT2D eigenvalue weighted by Crippen LogP contribution is 2.14. The number of halogens is 9. The molecule has 0 saturated carbocycles. The van der Waals surface area contributed by atoms with Gasteiger partial charge in [-0.1, -0.05) is 0 Å². The number of nitrogens with zero attached hydrogens (tertiary/aromatic N) is 3. The van der Waals surface area contributed by atoms with E-state index in [4.69, 9.17) is 58.5 Å². The summed E-state index contributed by atoms with van der Waals surface area (Å²) in [4.78, 5) is 47.3. The quantitative estimate of drug-likeness (QED) is 0.0354. The second-order valence-electron chi connectivity index (χ2n) is 5.87. The van der Waals surface area contributed by atoms with E-state index >= 15 is 0 Å². The molecule has 0 fully saturated rings. The van der Waals surface area contributed by atoms with Gasteiger partial charge in [0, 0.05) is 13.1 Å². The molecule has 0 aromatic rings. The van der Waals surface area contributed by atoms with Crippen LogP contribution in [0.4, 0.5) is 39.5 Å². The zero-order chi connectivity index (χ0) is 32.2. The lowest BCUT2D eigenvalue weighted by atomic mass is 10.4. The van der Waals surface area contributed by atoms with E-state index in [1.807, 2.05) is 5.43 Å². The first-order valence-corrected chi connectivity index (χ1v) is 9.01. The van der Waals surface area contributed by atoms with Gasteiger partial charge in [0.15, 0.2) is 11.9 Å². The maximum absolute atomic E-state index is 11.2. The summed E-state index contributed by atoms with van der Waals surface area (Å²) < 4.78 is 95.2. The first-order chi connectivity index (χ1) is 17.3. The Kier molecular flexibility index (Phi) is 21.2. The van der Waals surface area contributed by atoms with Gasteiger partial charge in [0.25, 0.3) is 0 Å². The van der Waals surface area contributed by atoms with E-state index < -0.39 is 36.4 Å². The first kappa shape index (κ1) is 41.8. The minimum absolute atomic E-state index is 0.00227. The third kappa shape index (κ3) is 33.7. The number of guanidine groups is 2. The van der Waals surface area contributed by atoms with E-state index in [2.05, 4.69) is 9.98 Å². The molecule has 39 heavy (non-hydrogen) atoms. The van der Waals surface area contributed by atoms with E-state index in [0.29, 0.717) is 26.2 Å². The molecular formula is C14H24F9N9O7. The number of carbonyl (C=O) groups excluding carboxylic acids is 1. The number of amides is 1. The minimum Gasteiger partial charge on any atom is -0.475 e. The van der Waals surface area contributed by atoms with Crippen LogP contribution in [-0.2, 0) is 19.2 Å². The van der Waals surface area contributed by atoms with Crippen molar-refractivity contribution in [3.63, 3.8) is 0 Å². The number of hydrogen-bond donors (Lipinski definition) is 9. The number of rotatable bonds is 8. The van der Waals surface area contributed by atoms with Crippen LogP contribution < -0.4 is 34.2 Å². The molecule has 0 spiro atoms. The highest BCUT2D eigenvalue weighted by molar-refractivity contribution is 5.77. The van der Waals surface area contributed by atoms with E-state index in [1.165, 1.54) is 0 Å². The van der Waals surface area contributed by atoms with Crippen LogP contribution in [0.25, 0.3) is 0 Å². The molecular weight excluding hydrogens is 577 g/mol. The largest absolute Gasteiger partial charge is 0.490 e. The Morgan fingerprint density at radius 2 is 0.872 bits per heavy atom. The summed E-state index contributed by atoms with van der Waals surface area (Å²) in [5, 5.41) is 21.4. The second-order valence-corrected chi connectivity index (χ2v) is 5.87. The van der Waals surface area contributed by atoms with Crippen molar-refractivity contribution in [3.05, 3.63) is 0 Å². The van der Waals surface area contributed by atoms with Gasteiger partial charge < -0.3 is 38.3 Å². The molecule has 0 aliphatic heterocycles. The van der Waals surface area contributed by atoms with Crippen LogP contribution in [-0.4, -0.2) is 107 Å². The van der Waals surface area contributed by atoms with Gasteiger partial charge in [-0.15, -0.1) is 0 Å². The summed E-state index contributed by atoms with van der Waals surface area (Å²) in [5.41, 5.74) is 22.8. The molecule has 0 rings (SSSR count). The van der Waals surface area contributed by atoms with Gasteiger partial charge in [-0.2, -0.15) is 39.5 Å². The number of carboxylic acid groups (broad SMARTS) is 3. The molecule has 0 aromatic heterocycles. The topological polar surface area (TPSA) is 299 Å². The Labute approximate surface area is 211 Å².